The summed E-state index contributed by atoms with van der Waals surface area (Å²) < 4.78 is 13.7. The molecule has 0 saturated heterocycles. The topological polar surface area (TPSA) is 89.1 Å². The van der Waals surface area contributed by atoms with Crippen molar-refractivity contribution in [2.24, 2.45) is 26.4 Å². The maximum absolute atomic E-state index is 13.7. The molecular weight excluding hydrogens is 269 g/mol. The average molecular weight is 284 g/mol. The number of hydrogen-bond acceptors (Lipinski definition) is 4. The second kappa shape index (κ2) is 6.96. The van der Waals surface area contributed by atoms with E-state index in [4.69, 9.17) is 23.1 Å². The molecule has 0 spiro atoms. The number of aliphatic imine (C=N–C) groups is 3. The lowest BCUT2D eigenvalue weighted by Gasteiger charge is -2.07. The van der Waals surface area contributed by atoms with Gasteiger partial charge in [-0.05, 0) is 12.1 Å². The van der Waals surface area contributed by atoms with Gasteiger partial charge in [0, 0.05) is 20.6 Å². The molecule has 1 rings (SSSR count). The Morgan fingerprint density at radius 2 is 2.00 bits per heavy atom. The molecule has 0 aliphatic heterocycles. The van der Waals surface area contributed by atoms with Crippen molar-refractivity contribution >= 4 is 34.5 Å². The van der Waals surface area contributed by atoms with Crippen molar-refractivity contribution in [3.05, 3.63) is 29.0 Å². The van der Waals surface area contributed by atoms with Gasteiger partial charge in [0.15, 0.2) is 11.7 Å². The number of nitrogens with two attached hydrogens (primary N) is 2. The van der Waals surface area contributed by atoms with Crippen LogP contribution in [-0.4, -0.2) is 37.9 Å². The van der Waals surface area contributed by atoms with Crippen molar-refractivity contribution in [3.63, 3.8) is 0 Å². The van der Waals surface area contributed by atoms with Gasteiger partial charge in [0.05, 0.1) is 10.7 Å². The third-order valence-electron chi connectivity index (χ3n) is 2.37. The monoisotopic (exact) mass is 283 g/mol. The van der Waals surface area contributed by atoms with Gasteiger partial charge in [0.2, 0.25) is 0 Å². The highest BCUT2D eigenvalue weighted by atomic mass is 35.5. The Morgan fingerprint density at radius 1 is 1.32 bits per heavy atom. The van der Waals surface area contributed by atoms with E-state index in [-0.39, 0.29) is 23.1 Å². The molecular formula is C12H15ClFN5. The van der Waals surface area contributed by atoms with Gasteiger partial charge in [0.25, 0.3) is 0 Å². The maximum Gasteiger partial charge on any atom is 0.167 e. The zero-order valence-corrected chi connectivity index (χ0v) is 11.4. The summed E-state index contributed by atoms with van der Waals surface area (Å²) >= 11 is 5.67. The number of benzene rings is 1. The van der Waals surface area contributed by atoms with Crippen LogP contribution < -0.4 is 11.5 Å². The van der Waals surface area contributed by atoms with Crippen LogP contribution in [0.5, 0.6) is 0 Å². The van der Waals surface area contributed by atoms with Gasteiger partial charge in [-0.2, -0.15) is 0 Å². The summed E-state index contributed by atoms with van der Waals surface area (Å²) in [6.07, 6.45) is 0. The van der Waals surface area contributed by atoms with Gasteiger partial charge in [-0.15, -0.1) is 0 Å². The first kappa shape index (κ1) is 15.3. The number of hydrogen-bond donors (Lipinski definition) is 2. The Bertz CT molecular complexity index is 551. The largest absolute Gasteiger partial charge is 0.382 e. The minimum atomic E-state index is -0.634. The Hall–Kier alpha value is -1.79. The number of amidine groups is 1. The molecule has 0 fully saturated rings. The molecule has 7 heteroatoms. The minimum Gasteiger partial charge on any atom is -0.382 e. The van der Waals surface area contributed by atoms with Crippen LogP contribution in [0.3, 0.4) is 0 Å². The molecule has 0 radical (unpaired) electrons. The predicted octanol–water partition coefficient (Wildman–Crippen LogP) is 1.57. The number of halogens is 2. The quantitative estimate of drug-likeness (QED) is 0.649. The minimum absolute atomic E-state index is 0.0211. The maximum atomic E-state index is 13.7. The van der Waals surface area contributed by atoms with Gasteiger partial charge in [0.1, 0.15) is 11.4 Å². The van der Waals surface area contributed by atoms with Crippen LogP contribution in [0.4, 0.5) is 10.1 Å². The summed E-state index contributed by atoms with van der Waals surface area (Å²) in [5.74, 6) is -0.597. The summed E-state index contributed by atoms with van der Waals surface area (Å²) in [6.45, 7) is 0.164. The van der Waals surface area contributed by atoms with Crippen LogP contribution in [0, 0.1) is 5.82 Å². The van der Waals surface area contributed by atoms with Crippen molar-refractivity contribution < 1.29 is 4.39 Å². The van der Waals surface area contributed by atoms with Crippen LogP contribution >= 0.6 is 11.6 Å². The molecule has 0 bridgehead atoms. The van der Waals surface area contributed by atoms with E-state index in [1.165, 1.54) is 19.2 Å². The van der Waals surface area contributed by atoms with E-state index in [1.807, 2.05) is 0 Å². The molecule has 0 heterocycles. The molecule has 0 unspecified atom stereocenters. The SMILES string of the molecule is CN=C(CN)C(=NC)C(N)=Nc1cccc(Cl)c1F. The van der Waals surface area contributed by atoms with E-state index in [1.54, 1.807) is 13.1 Å². The van der Waals surface area contributed by atoms with Crippen LogP contribution in [-0.2, 0) is 0 Å². The second-order valence-corrected chi connectivity index (χ2v) is 3.92. The summed E-state index contributed by atoms with van der Waals surface area (Å²) in [5, 5.41) is -0.0211. The first-order valence-corrected chi connectivity index (χ1v) is 5.84. The smallest absolute Gasteiger partial charge is 0.167 e. The van der Waals surface area contributed by atoms with Crippen LogP contribution in [0.15, 0.2) is 33.2 Å². The third-order valence-corrected chi connectivity index (χ3v) is 2.67. The number of rotatable bonds is 4. The zero-order valence-electron chi connectivity index (χ0n) is 10.7. The first-order chi connectivity index (χ1) is 9.04. The molecule has 19 heavy (non-hydrogen) atoms. The van der Waals surface area contributed by atoms with Gasteiger partial charge in [-0.3, -0.25) is 9.98 Å². The lowest BCUT2D eigenvalue weighted by molar-refractivity contribution is 0.630. The Kier molecular flexibility index (Phi) is 5.59. The van der Waals surface area contributed by atoms with E-state index in [0.29, 0.717) is 11.4 Å². The van der Waals surface area contributed by atoms with Crippen molar-refractivity contribution in [2.45, 2.75) is 0 Å². The molecule has 5 nitrogen and oxygen atoms in total. The molecule has 0 aliphatic rings. The predicted molar refractivity (Wildman–Crippen MR) is 78.5 cm³/mol. The van der Waals surface area contributed by atoms with E-state index in [2.05, 4.69) is 15.0 Å². The van der Waals surface area contributed by atoms with E-state index >= 15 is 0 Å². The Labute approximate surface area is 115 Å². The van der Waals surface area contributed by atoms with Gasteiger partial charge in [-0.25, -0.2) is 9.38 Å². The molecule has 0 saturated carbocycles. The lowest BCUT2D eigenvalue weighted by atomic mass is 10.2. The highest BCUT2D eigenvalue weighted by molar-refractivity contribution is 6.68. The molecule has 4 N–H and O–H groups in total. The van der Waals surface area contributed by atoms with Crippen molar-refractivity contribution in [1.29, 1.82) is 0 Å². The molecule has 0 atom stereocenters. The highest BCUT2D eigenvalue weighted by Crippen LogP contribution is 2.24. The fraction of sp³-hybridized carbons (Fsp3) is 0.250. The number of nitrogens with zero attached hydrogens (tertiary/aromatic N) is 3. The fourth-order valence-corrected chi connectivity index (χ4v) is 1.62. The molecule has 1 aromatic rings. The highest BCUT2D eigenvalue weighted by Gasteiger charge is 2.12. The fourth-order valence-electron chi connectivity index (χ4n) is 1.45. The van der Waals surface area contributed by atoms with E-state index in [0.717, 1.165) is 0 Å². The Morgan fingerprint density at radius 3 is 2.53 bits per heavy atom. The summed E-state index contributed by atoms with van der Waals surface area (Å²) in [6, 6.07) is 4.48. The van der Waals surface area contributed by atoms with Gasteiger partial charge in [-0.1, -0.05) is 17.7 Å². The normalized spacial score (nSPS) is 13.8. The van der Waals surface area contributed by atoms with E-state index in [9.17, 15) is 4.39 Å². The standard InChI is InChI=1S/C12H15ClFN5/c1-17-9(6-15)11(18-2)12(16)19-8-5-3-4-7(13)10(8)14/h3-5H,6,15H2,1-2H3,(H2,16,19). The summed E-state index contributed by atoms with van der Waals surface area (Å²) in [4.78, 5) is 11.9. The summed E-state index contributed by atoms with van der Waals surface area (Å²) in [5.41, 5.74) is 12.2. The Balaban J connectivity index is 3.21. The second-order valence-electron chi connectivity index (χ2n) is 3.52. The van der Waals surface area contributed by atoms with E-state index < -0.39 is 5.82 Å². The van der Waals surface area contributed by atoms with Crippen molar-refractivity contribution in [1.82, 2.24) is 0 Å². The molecule has 0 amide bonds. The first-order valence-electron chi connectivity index (χ1n) is 5.46. The molecule has 102 valence electrons. The van der Waals surface area contributed by atoms with Crippen molar-refractivity contribution in [2.75, 3.05) is 20.6 Å². The average Bonchev–Trinajstić information content (AvgIpc) is 2.40. The molecule has 1 aromatic carbocycles. The van der Waals surface area contributed by atoms with Crippen LogP contribution in [0.2, 0.25) is 5.02 Å². The van der Waals surface area contributed by atoms with Crippen molar-refractivity contribution in [3.8, 4) is 0 Å². The third kappa shape index (κ3) is 3.59. The summed E-state index contributed by atoms with van der Waals surface area (Å²) in [7, 11) is 3.10. The van der Waals surface area contributed by atoms with Crippen LogP contribution in [0.25, 0.3) is 0 Å². The lowest BCUT2D eigenvalue weighted by Crippen LogP contribution is -2.35. The zero-order chi connectivity index (χ0) is 14.4. The van der Waals surface area contributed by atoms with Gasteiger partial charge >= 0.3 is 0 Å². The molecule has 0 aliphatic carbocycles. The van der Waals surface area contributed by atoms with Gasteiger partial charge < -0.3 is 11.5 Å². The molecule has 0 aromatic heterocycles. The van der Waals surface area contributed by atoms with Crippen LogP contribution in [0.1, 0.15) is 0 Å².